The van der Waals surface area contributed by atoms with Crippen LogP contribution in [0.15, 0.2) is 77.3 Å². The number of benzene rings is 3. The summed E-state index contributed by atoms with van der Waals surface area (Å²) in [7, 11) is 0. The fraction of sp³-hybridized carbons (Fsp3) is 0.231. The molecule has 6 heteroatoms. The van der Waals surface area contributed by atoms with E-state index < -0.39 is 0 Å². The van der Waals surface area contributed by atoms with Crippen molar-refractivity contribution in [3.8, 4) is 0 Å². The number of rotatable bonds is 9. The van der Waals surface area contributed by atoms with Gasteiger partial charge in [0.05, 0.1) is 11.0 Å². The monoisotopic (exact) mass is 509 g/mol. The number of aromatic nitrogens is 2. The maximum atomic E-state index is 12.2. The first kappa shape index (κ1) is 22.6. The van der Waals surface area contributed by atoms with Gasteiger partial charge in [-0.2, -0.15) is 0 Å². The van der Waals surface area contributed by atoms with Crippen molar-refractivity contribution in [2.24, 2.45) is 0 Å². The summed E-state index contributed by atoms with van der Waals surface area (Å²) in [5.74, 6) is 1.03. The van der Waals surface area contributed by atoms with E-state index in [1.807, 2.05) is 12.1 Å². The molecule has 1 amide bonds. The minimum atomic E-state index is -0.0803. The van der Waals surface area contributed by atoms with Gasteiger partial charge in [-0.25, -0.2) is 4.98 Å². The van der Waals surface area contributed by atoms with E-state index in [0.29, 0.717) is 17.1 Å². The van der Waals surface area contributed by atoms with Crippen LogP contribution >= 0.6 is 27.5 Å². The van der Waals surface area contributed by atoms with Gasteiger partial charge in [-0.15, -0.1) is 0 Å². The lowest BCUT2D eigenvalue weighted by Crippen LogP contribution is -2.24. The van der Waals surface area contributed by atoms with Crippen molar-refractivity contribution in [3.05, 3.63) is 99.2 Å². The second-order valence-electron chi connectivity index (χ2n) is 7.81. The first-order valence-corrected chi connectivity index (χ1v) is 12.0. The standard InChI is InChI=1S/C26H25BrClN3O/c27-21-10-6-8-19(16-21)18-31-24-13-4-3-12-23(24)30-25(31)14-2-1-5-15-29-26(32)20-9-7-11-22(28)17-20/h3-4,6-13,16-17H,1-2,5,14-15,18H2,(H,29,32). The van der Waals surface area contributed by atoms with Crippen LogP contribution in [0.5, 0.6) is 0 Å². The number of para-hydroxylation sites is 2. The second kappa shape index (κ2) is 10.8. The molecule has 0 bridgehead atoms. The third-order valence-electron chi connectivity index (χ3n) is 5.41. The molecule has 32 heavy (non-hydrogen) atoms. The Bertz CT molecular complexity index is 1220. The fourth-order valence-corrected chi connectivity index (χ4v) is 4.47. The Labute approximate surface area is 201 Å². The summed E-state index contributed by atoms with van der Waals surface area (Å²) in [4.78, 5) is 17.1. The van der Waals surface area contributed by atoms with Gasteiger partial charge >= 0.3 is 0 Å². The van der Waals surface area contributed by atoms with Crippen LogP contribution in [0.4, 0.5) is 0 Å². The number of aryl methyl sites for hydroxylation is 1. The van der Waals surface area contributed by atoms with E-state index >= 15 is 0 Å². The summed E-state index contributed by atoms with van der Waals surface area (Å²) in [6.07, 6.45) is 3.88. The molecule has 164 valence electrons. The number of unbranched alkanes of at least 4 members (excludes halogenated alkanes) is 2. The van der Waals surface area contributed by atoms with Crippen molar-refractivity contribution < 1.29 is 4.79 Å². The van der Waals surface area contributed by atoms with Crippen LogP contribution in [0, 0.1) is 0 Å². The first-order chi connectivity index (χ1) is 15.6. The Morgan fingerprint density at radius 2 is 1.81 bits per heavy atom. The van der Waals surface area contributed by atoms with Crippen molar-refractivity contribution >= 4 is 44.5 Å². The number of nitrogens with one attached hydrogen (secondary N) is 1. The Morgan fingerprint density at radius 3 is 2.66 bits per heavy atom. The largest absolute Gasteiger partial charge is 0.352 e. The zero-order valence-electron chi connectivity index (χ0n) is 17.7. The molecule has 1 heterocycles. The van der Waals surface area contributed by atoms with E-state index in [0.717, 1.165) is 53.6 Å². The molecule has 3 aromatic carbocycles. The second-order valence-corrected chi connectivity index (χ2v) is 9.16. The molecule has 4 aromatic rings. The number of imidazole rings is 1. The molecule has 0 atom stereocenters. The number of carbonyl (C=O) groups excluding carboxylic acids is 1. The average molecular weight is 511 g/mol. The van der Waals surface area contributed by atoms with E-state index in [9.17, 15) is 4.79 Å². The van der Waals surface area contributed by atoms with E-state index in [2.05, 4.69) is 62.2 Å². The van der Waals surface area contributed by atoms with Crippen LogP contribution in [-0.2, 0) is 13.0 Å². The Morgan fingerprint density at radius 1 is 0.969 bits per heavy atom. The molecule has 0 fully saturated rings. The Balaban J connectivity index is 1.32. The zero-order chi connectivity index (χ0) is 22.3. The molecule has 1 N–H and O–H groups in total. The predicted molar refractivity (Wildman–Crippen MR) is 134 cm³/mol. The highest BCUT2D eigenvalue weighted by Crippen LogP contribution is 2.21. The molecular weight excluding hydrogens is 486 g/mol. The van der Waals surface area contributed by atoms with Crippen LogP contribution in [-0.4, -0.2) is 22.0 Å². The molecule has 4 rings (SSSR count). The number of nitrogens with zero attached hydrogens (tertiary/aromatic N) is 2. The van der Waals surface area contributed by atoms with Gasteiger partial charge in [-0.3, -0.25) is 4.79 Å². The molecule has 0 unspecified atom stereocenters. The summed E-state index contributed by atoms with van der Waals surface area (Å²) in [6.45, 7) is 1.45. The number of fused-ring (bicyclic) bond motifs is 1. The highest BCUT2D eigenvalue weighted by molar-refractivity contribution is 9.10. The predicted octanol–water partition coefficient (Wildman–Crippen LogP) is 6.64. The summed E-state index contributed by atoms with van der Waals surface area (Å²) < 4.78 is 3.40. The topological polar surface area (TPSA) is 46.9 Å². The molecular formula is C26H25BrClN3O. The zero-order valence-corrected chi connectivity index (χ0v) is 20.1. The summed E-state index contributed by atoms with van der Waals surface area (Å²) in [5.41, 5.74) is 4.04. The van der Waals surface area contributed by atoms with Crippen molar-refractivity contribution in [1.82, 2.24) is 14.9 Å². The van der Waals surface area contributed by atoms with Crippen LogP contribution in [0.3, 0.4) is 0 Å². The number of amides is 1. The fourth-order valence-electron chi connectivity index (χ4n) is 3.83. The maximum absolute atomic E-state index is 12.2. The minimum Gasteiger partial charge on any atom is -0.352 e. The number of halogens is 2. The van der Waals surface area contributed by atoms with Gasteiger partial charge in [0.25, 0.3) is 5.91 Å². The molecule has 0 aliphatic rings. The van der Waals surface area contributed by atoms with Gasteiger partial charge in [0, 0.05) is 34.6 Å². The van der Waals surface area contributed by atoms with E-state index in [1.165, 1.54) is 5.56 Å². The van der Waals surface area contributed by atoms with Crippen molar-refractivity contribution in [2.75, 3.05) is 6.54 Å². The number of hydrogen-bond donors (Lipinski definition) is 1. The lowest BCUT2D eigenvalue weighted by Gasteiger charge is -2.10. The summed E-state index contributed by atoms with van der Waals surface area (Å²) in [5, 5.41) is 3.55. The number of carbonyl (C=O) groups is 1. The smallest absolute Gasteiger partial charge is 0.251 e. The summed E-state index contributed by atoms with van der Waals surface area (Å²) in [6, 6.07) is 23.7. The van der Waals surface area contributed by atoms with E-state index in [1.54, 1.807) is 24.3 Å². The van der Waals surface area contributed by atoms with Gasteiger partial charge in [-0.05, 0) is 60.9 Å². The lowest BCUT2D eigenvalue weighted by molar-refractivity contribution is 0.0953. The normalized spacial score (nSPS) is 11.1. The molecule has 0 saturated carbocycles. The van der Waals surface area contributed by atoms with Crippen molar-refractivity contribution in [1.29, 1.82) is 0 Å². The van der Waals surface area contributed by atoms with Gasteiger partial charge in [0.1, 0.15) is 5.82 Å². The van der Waals surface area contributed by atoms with Crippen LogP contribution < -0.4 is 5.32 Å². The molecule has 4 nitrogen and oxygen atoms in total. The van der Waals surface area contributed by atoms with Crippen molar-refractivity contribution in [2.45, 2.75) is 32.2 Å². The van der Waals surface area contributed by atoms with E-state index in [4.69, 9.17) is 16.6 Å². The van der Waals surface area contributed by atoms with Crippen molar-refractivity contribution in [3.63, 3.8) is 0 Å². The lowest BCUT2D eigenvalue weighted by atomic mass is 10.1. The highest BCUT2D eigenvalue weighted by Gasteiger charge is 2.11. The molecule has 0 aliphatic heterocycles. The van der Waals surface area contributed by atoms with E-state index in [-0.39, 0.29) is 5.91 Å². The third kappa shape index (κ3) is 5.78. The summed E-state index contributed by atoms with van der Waals surface area (Å²) >= 11 is 9.53. The SMILES string of the molecule is O=C(NCCCCCc1nc2ccccc2n1Cc1cccc(Br)c1)c1cccc(Cl)c1. The highest BCUT2D eigenvalue weighted by atomic mass is 79.9. The van der Waals surface area contributed by atoms with Crippen LogP contribution in [0.25, 0.3) is 11.0 Å². The average Bonchev–Trinajstić information content (AvgIpc) is 3.13. The Hall–Kier alpha value is -2.63. The molecule has 0 spiro atoms. The third-order valence-corrected chi connectivity index (χ3v) is 6.14. The maximum Gasteiger partial charge on any atom is 0.251 e. The van der Waals surface area contributed by atoms with Gasteiger partial charge in [0.2, 0.25) is 0 Å². The molecule has 0 aliphatic carbocycles. The van der Waals surface area contributed by atoms with Crippen LogP contribution in [0.2, 0.25) is 5.02 Å². The van der Waals surface area contributed by atoms with Gasteiger partial charge < -0.3 is 9.88 Å². The minimum absolute atomic E-state index is 0.0803. The Kier molecular flexibility index (Phi) is 7.61. The molecule has 1 aromatic heterocycles. The van der Waals surface area contributed by atoms with Gasteiger partial charge in [0.15, 0.2) is 0 Å². The first-order valence-electron chi connectivity index (χ1n) is 10.8. The van der Waals surface area contributed by atoms with Crippen LogP contribution in [0.1, 0.15) is 41.0 Å². The molecule has 0 radical (unpaired) electrons. The molecule has 0 saturated heterocycles. The quantitative estimate of drug-likeness (QED) is 0.256. The van der Waals surface area contributed by atoms with Gasteiger partial charge in [-0.1, -0.05) is 64.3 Å². The number of hydrogen-bond acceptors (Lipinski definition) is 2.